The van der Waals surface area contributed by atoms with Gasteiger partial charge in [0.25, 0.3) is 0 Å². The number of amidine groups is 2. The van der Waals surface area contributed by atoms with Crippen LogP contribution in [0.25, 0.3) is 5.57 Å². The maximum absolute atomic E-state index is 15.2. The van der Waals surface area contributed by atoms with E-state index in [9.17, 15) is 0 Å². The van der Waals surface area contributed by atoms with Crippen molar-refractivity contribution < 1.29 is 4.39 Å². The van der Waals surface area contributed by atoms with Crippen LogP contribution in [0.5, 0.6) is 0 Å². The first kappa shape index (κ1) is 37.6. The van der Waals surface area contributed by atoms with Gasteiger partial charge in [0.05, 0.1) is 29.3 Å². The molecule has 2 saturated heterocycles. The zero-order valence-electron chi connectivity index (χ0n) is 32.5. The number of rotatable bonds is 3. The van der Waals surface area contributed by atoms with Crippen LogP contribution in [-0.2, 0) is 13.0 Å². The Labute approximate surface area is 323 Å². The molecule has 2 aromatic heterocycles. The lowest BCUT2D eigenvalue weighted by atomic mass is 9.90. The number of likely N-dealkylation sites (tertiary alicyclic amines) is 1. The molecule has 1 aliphatic carbocycles. The standard InChI is InChI=1S/C40H47FN10S.C2H6/c1-24-11-12-35(32(41)16-24)51-42-20-26(3)40(46-38(47-51)18-29-22-52-23-29)50-21-30-19-36(50)27(4)48(6)13-8-14-49-28(5)43-34-17-25(2)15-31(39(34)49)33-9-7-10-37(44-30)45-33;1-2/h7,9-12,15-16,20,25,29-30,36H,3-4,8,13-14,17-19,21-23H2,1-2,5-6H3,(H,44,45);1-2H3/b42-20-,46-40?,47-38-;. The molecule has 3 aromatic rings. The van der Waals surface area contributed by atoms with Gasteiger partial charge in [0, 0.05) is 56.0 Å². The van der Waals surface area contributed by atoms with Gasteiger partial charge in [0.1, 0.15) is 23.2 Å². The van der Waals surface area contributed by atoms with Gasteiger partial charge < -0.3 is 19.7 Å². The highest BCUT2D eigenvalue weighted by molar-refractivity contribution is 8.00. The summed E-state index contributed by atoms with van der Waals surface area (Å²) in [6.07, 6.45) is 7.36. The van der Waals surface area contributed by atoms with Crippen LogP contribution in [0.2, 0.25) is 0 Å². The predicted molar refractivity (Wildman–Crippen MR) is 223 cm³/mol. The van der Waals surface area contributed by atoms with Crippen LogP contribution in [-0.4, -0.2) is 85.9 Å². The molecule has 2 fully saturated rings. The van der Waals surface area contributed by atoms with E-state index in [-0.39, 0.29) is 23.6 Å². The number of anilines is 2. The third-order valence-electron chi connectivity index (χ3n) is 10.7. The zero-order chi connectivity index (χ0) is 38.1. The van der Waals surface area contributed by atoms with E-state index in [1.807, 2.05) is 38.6 Å². The van der Waals surface area contributed by atoms with Crippen molar-refractivity contribution in [2.75, 3.05) is 42.1 Å². The number of halogens is 1. The zero-order valence-corrected chi connectivity index (χ0v) is 33.3. The molecule has 6 heterocycles. The molecule has 0 spiro atoms. The smallest absolute Gasteiger partial charge is 0.153 e. The molecular weight excluding hydrogens is 696 g/mol. The van der Waals surface area contributed by atoms with Gasteiger partial charge in [-0.05, 0) is 86.3 Å². The maximum Gasteiger partial charge on any atom is 0.153 e. The quantitative estimate of drug-likeness (QED) is 0.291. The molecule has 0 saturated carbocycles. The van der Waals surface area contributed by atoms with Crippen LogP contribution in [0.4, 0.5) is 15.9 Å². The van der Waals surface area contributed by atoms with Crippen LogP contribution >= 0.6 is 11.8 Å². The molecule has 284 valence electrons. The number of allylic oxidation sites excluding steroid dienone is 1. The van der Waals surface area contributed by atoms with Crippen LogP contribution in [0.15, 0.2) is 82.1 Å². The molecule has 0 radical (unpaired) electrons. The van der Waals surface area contributed by atoms with Crippen LogP contribution in [0, 0.1) is 31.5 Å². The number of pyridine rings is 1. The summed E-state index contributed by atoms with van der Waals surface area (Å²) in [7, 11) is 2.14. The summed E-state index contributed by atoms with van der Waals surface area (Å²) in [6, 6.07) is 11.3. The third-order valence-corrected chi connectivity index (χ3v) is 12.1. The third kappa shape index (κ3) is 7.62. The Hall–Kier alpha value is -4.71. The first-order chi connectivity index (χ1) is 26.1. The van der Waals surface area contributed by atoms with Gasteiger partial charge in [-0.2, -0.15) is 16.9 Å². The van der Waals surface area contributed by atoms with E-state index in [1.165, 1.54) is 16.9 Å². The molecule has 4 aliphatic heterocycles. The van der Waals surface area contributed by atoms with Crippen molar-refractivity contribution in [3.63, 3.8) is 0 Å². The van der Waals surface area contributed by atoms with Crippen molar-refractivity contribution in [1.82, 2.24) is 24.3 Å². The number of hydrazone groups is 2. The number of aromatic nitrogens is 3. The highest BCUT2D eigenvalue weighted by Crippen LogP contribution is 2.36. The molecule has 0 amide bonds. The van der Waals surface area contributed by atoms with Crippen molar-refractivity contribution in [2.45, 2.75) is 78.9 Å². The van der Waals surface area contributed by atoms with Crippen LogP contribution < -0.4 is 10.4 Å². The number of fused-ring (bicyclic) bond motifs is 5. The van der Waals surface area contributed by atoms with E-state index in [4.69, 9.17) is 20.1 Å². The monoisotopic (exact) mass is 748 g/mol. The first-order valence-electron chi connectivity index (χ1n) is 19.3. The fourth-order valence-corrected chi connectivity index (χ4v) is 8.73. The molecule has 4 bridgehead atoms. The summed E-state index contributed by atoms with van der Waals surface area (Å²) in [5.74, 6) is 5.77. The summed E-state index contributed by atoms with van der Waals surface area (Å²) < 4.78 is 17.6. The Morgan fingerprint density at radius 1 is 1.06 bits per heavy atom. The van der Waals surface area contributed by atoms with Gasteiger partial charge >= 0.3 is 0 Å². The molecule has 10 nitrogen and oxygen atoms in total. The lowest BCUT2D eigenvalue weighted by Crippen LogP contribution is -2.42. The molecule has 1 N–H and O–H groups in total. The van der Waals surface area contributed by atoms with Gasteiger partial charge in [-0.25, -0.2) is 19.4 Å². The number of nitrogens with one attached hydrogen (secondary N) is 1. The summed E-state index contributed by atoms with van der Waals surface area (Å²) in [5, 5.41) is 14.7. The minimum absolute atomic E-state index is 0.0548. The number of hydrogen-bond donors (Lipinski definition) is 1. The molecular formula is C42H53FN10S. The second kappa shape index (κ2) is 15.9. The number of benzene rings is 1. The van der Waals surface area contributed by atoms with Crippen molar-refractivity contribution in [3.8, 4) is 0 Å². The SMILES string of the molecule is C=C1/C=N\N(c2ccc(C)cc2F)/N=C(/CC2CSC2)N=C1N1CC2CC1C(=C)N(C)CCCn1c(C)nc3c1C(=CC(C)C3)c1cccc(n1)N2.CC. The molecule has 8 rings (SSSR count). The second-order valence-corrected chi connectivity index (χ2v) is 15.9. The average molecular weight is 749 g/mol. The predicted octanol–water partition coefficient (Wildman–Crippen LogP) is 7.92. The van der Waals surface area contributed by atoms with E-state index in [1.54, 1.807) is 12.3 Å². The highest BCUT2D eigenvalue weighted by atomic mass is 32.2. The van der Waals surface area contributed by atoms with Gasteiger partial charge in [-0.3, -0.25) is 0 Å². The lowest BCUT2D eigenvalue weighted by molar-refractivity contribution is 0.314. The van der Waals surface area contributed by atoms with Gasteiger partial charge in [-0.15, -0.1) is 10.2 Å². The van der Waals surface area contributed by atoms with E-state index >= 15 is 4.39 Å². The number of likely N-dealkylation sites (N-methyl/N-ethyl adjacent to an activating group) is 1. The Bertz CT molecular complexity index is 2040. The molecule has 5 aliphatic rings. The Balaban J connectivity index is 0.00000221. The van der Waals surface area contributed by atoms with Gasteiger partial charge in [0.15, 0.2) is 11.7 Å². The topological polar surface area (TPSA) is 89.5 Å². The number of nitrogens with zero attached hydrogens (tertiary/aromatic N) is 9. The fraction of sp³-hybridized carbons (Fsp3) is 0.452. The van der Waals surface area contributed by atoms with Gasteiger partial charge in [-0.1, -0.05) is 52.1 Å². The molecule has 3 unspecified atom stereocenters. The Morgan fingerprint density at radius 3 is 2.63 bits per heavy atom. The first-order valence-corrected chi connectivity index (χ1v) is 20.5. The number of imidazole rings is 1. The van der Waals surface area contributed by atoms with E-state index < -0.39 is 0 Å². The maximum atomic E-state index is 15.2. The van der Waals surface area contributed by atoms with E-state index in [0.29, 0.717) is 36.2 Å². The minimum Gasteiger partial charge on any atom is -0.377 e. The largest absolute Gasteiger partial charge is 0.377 e. The second-order valence-electron chi connectivity index (χ2n) is 14.9. The average Bonchev–Trinajstić information content (AvgIpc) is 3.68. The van der Waals surface area contributed by atoms with E-state index in [2.05, 4.69) is 83.1 Å². The van der Waals surface area contributed by atoms with Gasteiger partial charge in [0.2, 0.25) is 0 Å². The minimum atomic E-state index is -0.380. The fourth-order valence-electron chi connectivity index (χ4n) is 7.93. The molecule has 12 heteroatoms. The normalized spacial score (nSPS) is 24.5. The number of thioether (sulfide) groups is 1. The highest BCUT2D eigenvalue weighted by Gasteiger charge is 2.39. The van der Waals surface area contributed by atoms with Crippen molar-refractivity contribution >= 4 is 46.7 Å². The van der Waals surface area contributed by atoms with Crippen molar-refractivity contribution in [1.29, 1.82) is 0 Å². The lowest BCUT2D eigenvalue weighted by Gasteiger charge is -2.34. The number of aliphatic imine (C=N–C) groups is 1. The van der Waals surface area contributed by atoms with Crippen molar-refractivity contribution in [2.24, 2.45) is 27.0 Å². The summed E-state index contributed by atoms with van der Waals surface area (Å²) in [6.45, 7) is 21.7. The molecule has 54 heavy (non-hydrogen) atoms. The Morgan fingerprint density at radius 2 is 1.87 bits per heavy atom. The van der Waals surface area contributed by atoms with Crippen LogP contribution in [0.3, 0.4) is 0 Å². The summed E-state index contributed by atoms with van der Waals surface area (Å²) in [4.78, 5) is 20.1. The number of aryl methyl sites for hydroxylation is 2. The molecule has 1 aromatic carbocycles. The summed E-state index contributed by atoms with van der Waals surface area (Å²) >= 11 is 1.92. The van der Waals surface area contributed by atoms with Crippen LogP contribution in [0.1, 0.15) is 68.5 Å². The summed E-state index contributed by atoms with van der Waals surface area (Å²) in [5.41, 5.74) is 7.26. The Kier molecular flexibility index (Phi) is 11.1. The van der Waals surface area contributed by atoms with Crippen molar-refractivity contribution in [3.05, 3.63) is 101 Å². The molecule has 3 atom stereocenters. The number of hydrogen-bond acceptors (Lipinski definition) is 10. The van der Waals surface area contributed by atoms with E-state index in [0.717, 1.165) is 89.6 Å².